The minimum Gasteiger partial charge on any atom is -0.343 e. The van der Waals surface area contributed by atoms with Crippen LogP contribution in [0.15, 0.2) is 53.4 Å². The highest BCUT2D eigenvalue weighted by Crippen LogP contribution is 2.42. The van der Waals surface area contributed by atoms with Crippen LogP contribution in [-0.4, -0.2) is 24.9 Å². The minimum atomic E-state index is -0.966. The van der Waals surface area contributed by atoms with E-state index in [1.54, 1.807) is 11.8 Å². The van der Waals surface area contributed by atoms with Crippen molar-refractivity contribution in [3.8, 4) is 17.2 Å². The molecular formula is C22H23FN2OS. The summed E-state index contributed by atoms with van der Waals surface area (Å²) in [5, 5.41) is 11.4. The number of rotatable bonds is 5. The quantitative estimate of drug-likeness (QED) is 0.589. The zero-order chi connectivity index (χ0) is 19.2. The fourth-order valence-electron chi connectivity index (χ4n) is 3.89. The van der Waals surface area contributed by atoms with Gasteiger partial charge in [0.1, 0.15) is 12.7 Å². The van der Waals surface area contributed by atoms with E-state index in [2.05, 4.69) is 35.6 Å². The van der Waals surface area contributed by atoms with Gasteiger partial charge in [-0.15, -0.1) is 11.8 Å². The monoisotopic (exact) mass is 382 g/mol. The van der Waals surface area contributed by atoms with Crippen LogP contribution >= 0.6 is 11.8 Å². The number of nitrogens with zero attached hydrogens (tertiary/aromatic N) is 1. The van der Waals surface area contributed by atoms with Crippen LogP contribution in [-0.2, 0) is 4.79 Å². The molecule has 2 aromatic carbocycles. The van der Waals surface area contributed by atoms with Crippen molar-refractivity contribution in [2.24, 2.45) is 5.92 Å². The smallest absolute Gasteiger partial charge is 0.224 e. The molecule has 3 nitrogen and oxygen atoms in total. The van der Waals surface area contributed by atoms with E-state index in [4.69, 9.17) is 5.26 Å². The van der Waals surface area contributed by atoms with Gasteiger partial charge in [0.15, 0.2) is 0 Å². The van der Waals surface area contributed by atoms with Gasteiger partial charge in [0, 0.05) is 10.8 Å². The molecule has 0 aromatic heterocycles. The first kappa shape index (κ1) is 19.4. The summed E-state index contributed by atoms with van der Waals surface area (Å²) in [6.07, 6.45) is 2.38. The lowest BCUT2D eigenvalue weighted by Crippen LogP contribution is -2.38. The zero-order valence-electron chi connectivity index (χ0n) is 15.3. The summed E-state index contributed by atoms with van der Waals surface area (Å²) in [5.41, 5.74) is 3.27. The average molecular weight is 383 g/mol. The molecule has 3 atom stereocenters. The topological polar surface area (TPSA) is 52.9 Å². The molecule has 2 aromatic rings. The van der Waals surface area contributed by atoms with E-state index in [1.165, 1.54) is 4.90 Å². The maximum atomic E-state index is 14.1. The van der Waals surface area contributed by atoms with Crippen molar-refractivity contribution in [2.75, 3.05) is 12.8 Å². The van der Waals surface area contributed by atoms with Gasteiger partial charge >= 0.3 is 0 Å². The Kier molecular flexibility index (Phi) is 6.52. The second-order valence-electron chi connectivity index (χ2n) is 6.81. The van der Waals surface area contributed by atoms with Crippen LogP contribution in [0, 0.1) is 17.2 Å². The number of thioether (sulfide) groups is 1. The molecule has 1 saturated carbocycles. The van der Waals surface area contributed by atoms with Gasteiger partial charge in [-0.1, -0.05) is 36.4 Å². The molecular weight excluding hydrogens is 359 g/mol. The van der Waals surface area contributed by atoms with Crippen molar-refractivity contribution >= 4 is 17.7 Å². The molecule has 0 aliphatic heterocycles. The summed E-state index contributed by atoms with van der Waals surface area (Å²) < 4.78 is 14.1. The minimum absolute atomic E-state index is 0.0448. The molecule has 3 rings (SSSR count). The zero-order valence-corrected chi connectivity index (χ0v) is 16.1. The van der Waals surface area contributed by atoms with Crippen molar-refractivity contribution in [1.82, 2.24) is 5.32 Å². The Balaban J connectivity index is 1.95. The van der Waals surface area contributed by atoms with Crippen LogP contribution in [0.2, 0.25) is 0 Å². The molecule has 0 radical (unpaired) electrons. The van der Waals surface area contributed by atoms with Crippen LogP contribution in [0.25, 0.3) is 11.1 Å². The van der Waals surface area contributed by atoms with E-state index in [1.807, 2.05) is 30.5 Å². The summed E-state index contributed by atoms with van der Waals surface area (Å²) in [6, 6.07) is 18.4. The number of alkyl halides is 1. The number of amides is 1. The van der Waals surface area contributed by atoms with E-state index in [9.17, 15) is 9.18 Å². The molecule has 5 heteroatoms. The summed E-state index contributed by atoms with van der Waals surface area (Å²) in [7, 11) is 0. The van der Waals surface area contributed by atoms with Crippen molar-refractivity contribution in [3.63, 3.8) is 0 Å². The Bertz CT molecular complexity index is 831. The largest absolute Gasteiger partial charge is 0.343 e. The van der Waals surface area contributed by atoms with Crippen molar-refractivity contribution in [1.29, 1.82) is 5.26 Å². The van der Waals surface area contributed by atoms with Gasteiger partial charge in [-0.2, -0.15) is 5.26 Å². The lowest BCUT2D eigenvalue weighted by atomic mass is 9.72. The number of hydrogen-bond donors (Lipinski definition) is 1. The molecule has 0 heterocycles. The fraction of sp³-hybridized carbons (Fsp3) is 0.364. The molecule has 140 valence electrons. The Morgan fingerprint density at radius 3 is 2.67 bits per heavy atom. The first-order chi connectivity index (χ1) is 13.1. The standard InChI is InChI=1S/C22H23FN2OS/c1-27-17-9-6-15(7-10-17)18-4-2-3-5-19(18)20-11-8-16(23)14-21(20)22(26)25-13-12-24/h2-7,9-10,16,20-21H,8,11,13-14H2,1H3,(H,25,26)/t16-,20-,21+/m0/s1. The van der Waals surface area contributed by atoms with Gasteiger partial charge in [0.2, 0.25) is 5.91 Å². The summed E-state index contributed by atoms with van der Waals surface area (Å²) in [5.74, 6) is -0.725. The van der Waals surface area contributed by atoms with E-state index in [0.717, 1.165) is 16.7 Å². The molecule has 0 unspecified atom stereocenters. The lowest BCUT2D eigenvalue weighted by molar-refractivity contribution is -0.127. The molecule has 0 saturated heterocycles. The van der Waals surface area contributed by atoms with Gasteiger partial charge < -0.3 is 5.32 Å². The van der Waals surface area contributed by atoms with Gasteiger partial charge in [0.05, 0.1) is 6.07 Å². The number of halogens is 1. The van der Waals surface area contributed by atoms with Gasteiger partial charge in [0.25, 0.3) is 0 Å². The third-order valence-corrected chi connectivity index (χ3v) is 5.97. The Morgan fingerprint density at radius 1 is 1.22 bits per heavy atom. The second-order valence-corrected chi connectivity index (χ2v) is 7.69. The number of nitriles is 1. The first-order valence-electron chi connectivity index (χ1n) is 9.16. The Hall–Kier alpha value is -2.32. The SMILES string of the molecule is CSc1ccc(-c2ccccc2[C@@H]2CC[C@H](F)C[C@H]2C(=O)NCC#N)cc1. The number of carbonyl (C=O) groups is 1. The summed E-state index contributed by atoms with van der Waals surface area (Å²) in [4.78, 5) is 13.8. The summed E-state index contributed by atoms with van der Waals surface area (Å²) in [6.45, 7) is -0.0448. The van der Waals surface area contributed by atoms with Gasteiger partial charge in [-0.05, 0) is 60.3 Å². The molecule has 1 N–H and O–H groups in total. The van der Waals surface area contributed by atoms with Crippen LogP contribution in [0.3, 0.4) is 0 Å². The van der Waals surface area contributed by atoms with E-state index in [0.29, 0.717) is 12.8 Å². The third-order valence-electron chi connectivity index (χ3n) is 5.23. The highest BCUT2D eigenvalue weighted by atomic mass is 32.2. The van der Waals surface area contributed by atoms with Crippen molar-refractivity contribution in [3.05, 3.63) is 54.1 Å². The number of hydrogen-bond acceptors (Lipinski definition) is 3. The fourth-order valence-corrected chi connectivity index (χ4v) is 4.30. The van der Waals surface area contributed by atoms with Crippen molar-refractivity contribution in [2.45, 2.75) is 36.2 Å². The van der Waals surface area contributed by atoms with E-state index in [-0.39, 0.29) is 24.8 Å². The molecule has 1 amide bonds. The third kappa shape index (κ3) is 4.51. The Labute approximate surface area is 164 Å². The molecule has 0 bridgehead atoms. The molecule has 0 spiro atoms. The number of nitrogens with one attached hydrogen (secondary N) is 1. The maximum Gasteiger partial charge on any atom is 0.224 e. The highest BCUT2D eigenvalue weighted by molar-refractivity contribution is 7.98. The van der Waals surface area contributed by atoms with E-state index >= 15 is 0 Å². The second kappa shape index (κ2) is 9.05. The van der Waals surface area contributed by atoms with Crippen LogP contribution in [0.5, 0.6) is 0 Å². The first-order valence-corrected chi connectivity index (χ1v) is 10.4. The molecule has 1 aliphatic rings. The van der Waals surface area contributed by atoms with Gasteiger partial charge in [-0.3, -0.25) is 4.79 Å². The molecule has 1 aliphatic carbocycles. The molecule has 1 fully saturated rings. The normalized spacial score (nSPS) is 22.0. The number of benzene rings is 2. The Morgan fingerprint density at radius 2 is 1.96 bits per heavy atom. The number of carbonyl (C=O) groups excluding carboxylic acids is 1. The van der Waals surface area contributed by atoms with Crippen molar-refractivity contribution < 1.29 is 9.18 Å². The maximum absolute atomic E-state index is 14.1. The summed E-state index contributed by atoms with van der Waals surface area (Å²) >= 11 is 1.70. The predicted molar refractivity (Wildman–Crippen MR) is 107 cm³/mol. The predicted octanol–water partition coefficient (Wildman–Crippen LogP) is 4.94. The van der Waals surface area contributed by atoms with E-state index < -0.39 is 12.1 Å². The lowest BCUT2D eigenvalue weighted by Gasteiger charge is -2.33. The average Bonchev–Trinajstić information content (AvgIpc) is 2.72. The highest BCUT2D eigenvalue weighted by Gasteiger charge is 2.37. The van der Waals surface area contributed by atoms with Crippen LogP contribution < -0.4 is 5.32 Å². The molecule has 27 heavy (non-hydrogen) atoms. The van der Waals surface area contributed by atoms with Gasteiger partial charge in [-0.25, -0.2) is 4.39 Å². The van der Waals surface area contributed by atoms with Crippen LogP contribution in [0.1, 0.15) is 30.7 Å². The van der Waals surface area contributed by atoms with Crippen LogP contribution in [0.4, 0.5) is 4.39 Å².